The fraction of sp³-hybridized carbons (Fsp3) is 0.200. The molecule has 0 bridgehead atoms. The minimum absolute atomic E-state index is 0.204. The van der Waals surface area contributed by atoms with Gasteiger partial charge in [-0.3, -0.25) is 0 Å². The molecular formula is C15H15N3O3S2. The van der Waals surface area contributed by atoms with Crippen molar-refractivity contribution in [3.63, 3.8) is 0 Å². The highest BCUT2D eigenvalue weighted by Crippen LogP contribution is 2.20. The monoisotopic (exact) mass is 349 g/mol. The largest absolute Gasteiger partial charge is 0.339 e. The Kier molecular flexibility index (Phi) is 4.56. The van der Waals surface area contributed by atoms with Crippen LogP contribution in [0.25, 0.3) is 11.4 Å². The number of rotatable bonds is 6. The molecule has 0 aliphatic rings. The predicted molar refractivity (Wildman–Crippen MR) is 87.7 cm³/mol. The SMILES string of the molecule is Cc1ccc(S(=O)(=O)NCCc2nc(-c3ccccc3)no2)s1. The van der Waals surface area contributed by atoms with E-state index in [1.54, 1.807) is 12.1 Å². The van der Waals surface area contributed by atoms with E-state index in [2.05, 4.69) is 14.9 Å². The second kappa shape index (κ2) is 6.61. The Morgan fingerprint density at radius 2 is 1.96 bits per heavy atom. The summed E-state index contributed by atoms with van der Waals surface area (Å²) in [5, 5.41) is 3.90. The molecule has 0 radical (unpaired) electrons. The third kappa shape index (κ3) is 3.84. The van der Waals surface area contributed by atoms with Gasteiger partial charge >= 0.3 is 0 Å². The number of nitrogens with zero attached hydrogens (tertiary/aromatic N) is 2. The summed E-state index contributed by atoms with van der Waals surface area (Å²) in [6.07, 6.45) is 0.337. The lowest BCUT2D eigenvalue weighted by Gasteiger charge is -2.02. The maximum absolute atomic E-state index is 12.1. The molecule has 0 aliphatic carbocycles. The van der Waals surface area contributed by atoms with Crippen molar-refractivity contribution in [2.45, 2.75) is 17.6 Å². The third-order valence-electron chi connectivity index (χ3n) is 3.11. The lowest BCUT2D eigenvalue weighted by molar-refractivity contribution is 0.379. The number of hydrogen-bond acceptors (Lipinski definition) is 6. The summed E-state index contributed by atoms with van der Waals surface area (Å²) in [7, 11) is -3.48. The second-order valence-electron chi connectivity index (χ2n) is 4.89. The van der Waals surface area contributed by atoms with Crippen LogP contribution in [0.15, 0.2) is 51.2 Å². The predicted octanol–water partition coefficient (Wildman–Crippen LogP) is 2.63. The fourth-order valence-electron chi connectivity index (χ4n) is 1.98. The van der Waals surface area contributed by atoms with Crippen LogP contribution in [0.5, 0.6) is 0 Å². The normalized spacial score (nSPS) is 11.7. The summed E-state index contributed by atoms with van der Waals surface area (Å²) in [4.78, 5) is 5.22. The van der Waals surface area contributed by atoms with Gasteiger partial charge in [0.05, 0.1) is 0 Å². The molecular weight excluding hydrogens is 334 g/mol. The van der Waals surface area contributed by atoms with Gasteiger partial charge in [-0.25, -0.2) is 13.1 Å². The first kappa shape index (κ1) is 15.9. The van der Waals surface area contributed by atoms with Gasteiger partial charge in [-0.05, 0) is 19.1 Å². The van der Waals surface area contributed by atoms with Crippen molar-refractivity contribution in [1.29, 1.82) is 0 Å². The Morgan fingerprint density at radius 1 is 1.17 bits per heavy atom. The van der Waals surface area contributed by atoms with Gasteiger partial charge in [0, 0.05) is 23.4 Å². The quantitative estimate of drug-likeness (QED) is 0.739. The van der Waals surface area contributed by atoms with E-state index in [1.165, 1.54) is 11.3 Å². The molecule has 3 rings (SSSR count). The zero-order valence-corrected chi connectivity index (χ0v) is 14.0. The van der Waals surface area contributed by atoms with E-state index in [4.69, 9.17) is 4.52 Å². The molecule has 1 N–H and O–H groups in total. The summed E-state index contributed by atoms with van der Waals surface area (Å²) in [5.41, 5.74) is 0.858. The van der Waals surface area contributed by atoms with Crippen LogP contribution in [0, 0.1) is 6.92 Å². The maximum atomic E-state index is 12.1. The Labute approximate surface area is 138 Å². The van der Waals surface area contributed by atoms with Crippen LogP contribution in [0.2, 0.25) is 0 Å². The molecule has 120 valence electrons. The highest BCUT2D eigenvalue weighted by atomic mass is 32.2. The van der Waals surface area contributed by atoms with E-state index in [9.17, 15) is 8.42 Å². The van der Waals surface area contributed by atoms with Crippen LogP contribution in [-0.2, 0) is 16.4 Å². The van der Waals surface area contributed by atoms with Gasteiger partial charge in [-0.2, -0.15) is 4.98 Å². The number of hydrogen-bond donors (Lipinski definition) is 1. The van der Waals surface area contributed by atoms with Crippen molar-refractivity contribution in [1.82, 2.24) is 14.9 Å². The lowest BCUT2D eigenvalue weighted by atomic mass is 10.2. The molecule has 1 aromatic carbocycles. The van der Waals surface area contributed by atoms with Crippen molar-refractivity contribution < 1.29 is 12.9 Å². The third-order valence-corrected chi connectivity index (χ3v) is 6.07. The van der Waals surface area contributed by atoms with Gasteiger partial charge in [-0.1, -0.05) is 35.5 Å². The number of benzene rings is 1. The van der Waals surface area contributed by atoms with Crippen LogP contribution in [0.4, 0.5) is 0 Å². The van der Waals surface area contributed by atoms with E-state index in [0.29, 0.717) is 22.3 Å². The highest BCUT2D eigenvalue weighted by Gasteiger charge is 2.16. The first-order valence-electron chi connectivity index (χ1n) is 6.99. The number of aromatic nitrogens is 2. The van der Waals surface area contributed by atoms with Crippen LogP contribution < -0.4 is 4.72 Å². The molecule has 0 amide bonds. The molecule has 2 heterocycles. The Morgan fingerprint density at radius 3 is 2.65 bits per heavy atom. The zero-order valence-electron chi connectivity index (χ0n) is 12.4. The summed E-state index contributed by atoms with van der Waals surface area (Å²) in [6, 6.07) is 12.8. The van der Waals surface area contributed by atoms with Crippen LogP contribution >= 0.6 is 11.3 Å². The van der Waals surface area contributed by atoms with Gasteiger partial charge in [0.1, 0.15) is 4.21 Å². The van der Waals surface area contributed by atoms with E-state index in [-0.39, 0.29) is 6.54 Å². The topological polar surface area (TPSA) is 85.1 Å². The minimum Gasteiger partial charge on any atom is -0.339 e. The van der Waals surface area contributed by atoms with Crippen molar-refractivity contribution in [2.24, 2.45) is 0 Å². The van der Waals surface area contributed by atoms with Crippen molar-refractivity contribution in [3.8, 4) is 11.4 Å². The molecule has 6 nitrogen and oxygen atoms in total. The lowest BCUT2D eigenvalue weighted by Crippen LogP contribution is -2.25. The van der Waals surface area contributed by atoms with Crippen molar-refractivity contribution in [2.75, 3.05) is 6.54 Å². The van der Waals surface area contributed by atoms with Gasteiger partial charge in [0.15, 0.2) is 0 Å². The van der Waals surface area contributed by atoms with Gasteiger partial charge in [0.25, 0.3) is 0 Å². The van der Waals surface area contributed by atoms with E-state index >= 15 is 0 Å². The molecule has 0 atom stereocenters. The molecule has 0 spiro atoms. The molecule has 3 aromatic rings. The molecule has 0 unspecified atom stereocenters. The highest BCUT2D eigenvalue weighted by molar-refractivity contribution is 7.91. The first-order chi connectivity index (χ1) is 11.0. The summed E-state index contributed by atoms with van der Waals surface area (Å²) < 4.78 is 32.2. The molecule has 0 saturated heterocycles. The van der Waals surface area contributed by atoms with Gasteiger partial charge in [-0.15, -0.1) is 11.3 Å². The van der Waals surface area contributed by atoms with E-state index in [0.717, 1.165) is 10.4 Å². The van der Waals surface area contributed by atoms with Gasteiger partial charge < -0.3 is 4.52 Å². The second-order valence-corrected chi connectivity index (χ2v) is 8.17. The molecule has 0 saturated carbocycles. The van der Waals surface area contributed by atoms with E-state index < -0.39 is 10.0 Å². The smallest absolute Gasteiger partial charge is 0.250 e. The summed E-state index contributed by atoms with van der Waals surface area (Å²) in [6.45, 7) is 2.07. The average molecular weight is 349 g/mol. The molecule has 2 aromatic heterocycles. The van der Waals surface area contributed by atoms with Crippen LogP contribution in [0.1, 0.15) is 10.8 Å². The fourth-order valence-corrected chi connectivity index (χ4v) is 4.34. The van der Waals surface area contributed by atoms with Crippen molar-refractivity contribution >= 4 is 21.4 Å². The number of thiophene rings is 1. The molecule has 0 fully saturated rings. The summed E-state index contributed by atoms with van der Waals surface area (Å²) in [5.74, 6) is 0.895. The standard InChI is InChI=1S/C15H15N3O3S2/c1-11-7-8-14(22-11)23(19,20)16-10-9-13-17-15(18-21-13)12-5-3-2-4-6-12/h2-8,16H,9-10H2,1H3. The molecule has 0 aliphatic heterocycles. The number of aryl methyl sites for hydroxylation is 1. The Balaban J connectivity index is 1.60. The van der Waals surface area contributed by atoms with Crippen LogP contribution in [0.3, 0.4) is 0 Å². The average Bonchev–Trinajstić information content (AvgIpc) is 3.17. The van der Waals surface area contributed by atoms with Crippen LogP contribution in [-0.4, -0.2) is 25.1 Å². The van der Waals surface area contributed by atoms with Crippen molar-refractivity contribution in [3.05, 3.63) is 53.2 Å². The van der Waals surface area contributed by atoms with Gasteiger partial charge in [0.2, 0.25) is 21.7 Å². The Bertz CT molecular complexity index is 886. The first-order valence-corrected chi connectivity index (χ1v) is 9.29. The molecule has 8 heteroatoms. The zero-order chi connectivity index (χ0) is 16.3. The summed E-state index contributed by atoms with van der Waals surface area (Å²) >= 11 is 1.24. The molecule has 23 heavy (non-hydrogen) atoms. The number of sulfonamides is 1. The maximum Gasteiger partial charge on any atom is 0.250 e. The Hall–Kier alpha value is -2.03. The van der Waals surface area contributed by atoms with E-state index in [1.807, 2.05) is 37.3 Å². The minimum atomic E-state index is -3.48. The number of nitrogens with one attached hydrogen (secondary N) is 1.